The Hall–Kier alpha value is -3.87. The van der Waals surface area contributed by atoms with Gasteiger partial charge in [-0.3, -0.25) is 9.89 Å². The van der Waals surface area contributed by atoms with Gasteiger partial charge in [0.25, 0.3) is 5.91 Å². The first-order valence-electron chi connectivity index (χ1n) is 8.54. The number of carbonyl (C=O) groups is 1. The van der Waals surface area contributed by atoms with Crippen LogP contribution in [0.5, 0.6) is 11.5 Å². The molecule has 1 amide bonds. The molecule has 28 heavy (non-hydrogen) atoms. The zero-order valence-electron chi connectivity index (χ0n) is 15.5. The Balaban J connectivity index is 1.64. The Bertz CT molecular complexity index is 994. The second-order valence-corrected chi connectivity index (χ2v) is 5.72. The number of rotatable bonds is 7. The summed E-state index contributed by atoms with van der Waals surface area (Å²) >= 11 is 0. The number of aromatic amines is 1. The van der Waals surface area contributed by atoms with Gasteiger partial charge in [-0.15, -0.1) is 0 Å². The lowest BCUT2D eigenvalue weighted by Gasteiger charge is -2.08. The van der Waals surface area contributed by atoms with E-state index in [9.17, 15) is 4.79 Å². The molecule has 0 atom stereocenters. The molecule has 7 nitrogen and oxygen atoms in total. The predicted molar refractivity (Wildman–Crippen MR) is 109 cm³/mol. The summed E-state index contributed by atoms with van der Waals surface area (Å²) in [6.07, 6.45) is 5.14. The Morgan fingerprint density at radius 3 is 2.68 bits per heavy atom. The number of nitrogens with one attached hydrogen (secondary N) is 2. The van der Waals surface area contributed by atoms with Crippen LogP contribution in [-0.2, 0) is 0 Å². The van der Waals surface area contributed by atoms with E-state index in [2.05, 4.69) is 20.7 Å². The number of hydrogen-bond donors (Lipinski definition) is 2. The molecule has 0 saturated carbocycles. The zero-order chi connectivity index (χ0) is 19.8. The fourth-order valence-corrected chi connectivity index (χ4v) is 2.50. The lowest BCUT2D eigenvalue weighted by Crippen LogP contribution is -2.17. The molecule has 0 aliphatic heterocycles. The summed E-state index contributed by atoms with van der Waals surface area (Å²) in [6, 6.07) is 16.8. The topological polar surface area (TPSA) is 88.6 Å². The third-order valence-electron chi connectivity index (χ3n) is 3.92. The van der Waals surface area contributed by atoms with Gasteiger partial charge in [-0.1, -0.05) is 36.4 Å². The maximum Gasteiger partial charge on any atom is 0.289 e. The molecule has 0 bridgehead atoms. The minimum Gasteiger partial charge on any atom is -0.497 e. The number of hydrazone groups is 1. The van der Waals surface area contributed by atoms with Crippen LogP contribution in [0.2, 0.25) is 0 Å². The van der Waals surface area contributed by atoms with Crippen molar-refractivity contribution < 1.29 is 14.3 Å². The molecule has 2 aromatic carbocycles. The molecular weight excluding hydrogens is 356 g/mol. The molecule has 1 heterocycles. The average Bonchev–Trinajstić information content (AvgIpc) is 3.23. The predicted octanol–water partition coefficient (Wildman–Crippen LogP) is 3.52. The fraction of sp³-hybridized carbons (Fsp3) is 0.0952. The number of ether oxygens (including phenoxy) is 2. The number of benzene rings is 2. The summed E-state index contributed by atoms with van der Waals surface area (Å²) < 4.78 is 10.6. The Labute approximate surface area is 162 Å². The van der Waals surface area contributed by atoms with Crippen LogP contribution in [0.3, 0.4) is 0 Å². The largest absolute Gasteiger partial charge is 0.497 e. The molecule has 0 fully saturated rings. The molecule has 1 aromatic heterocycles. The molecule has 0 spiro atoms. The van der Waals surface area contributed by atoms with Crippen molar-refractivity contribution >= 4 is 18.2 Å². The smallest absolute Gasteiger partial charge is 0.289 e. The van der Waals surface area contributed by atoms with E-state index in [0.29, 0.717) is 17.2 Å². The Morgan fingerprint density at radius 2 is 1.93 bits per heavy atom. The standard InChI is InChI=1S/C21H20N4O3/c1-27-16-10-11-17(20(13-16)28-2)18-14-19(24-23-18)21(26)25-22-12-6-9-15-7-4-3-5-8-15/h3-14H,1-2H3,(H,23,24)(H,25,26). The highest BCUT2D eigenvalue weighted by Gasteiger charge is 2.14. The number of allylic oxidation sites excluding steroid dienone is 1. The third kappa shape index (κ3) is 4.64. The van der Waals surface area contributed by atoms with Crippen LogP contribution in [0.25, 0.3) is 17.3 Å². The summed E-state index contributed by atoms with van der Waals surface area (Å²) in [6.45, 7) is 0. The fourth-order valence-electron chi connectivity index (χ4n) is 2.50. The summed E-state index contributed by atoms with van der Waals surface area (Å²) in [5.41, 5.74) is 5.12. The van der Waals surface area contributed by atoms with E-state index in [1.807, 2.05) is 42.5 Å². The number of amides is 1. The molecule has 0 radical (unpaired) electrons. The minimum absolute atomic E-state index is 0.289. The molecule has 142 valence electrons. The summed E-state index contributed by atoms with van der Waals surface area (Å²) in [5.74, 6) is 0.879. The maximum atomic E-state index is 12.2. The number of carbonyl (C=O) groups excluding carboxylic acids is 1. The summed E-state index contributed by atoms with van der Waals surface area (Å²) in [4.78, 5) is 12.2. The zero-order valence-corrected chi connectivity index (χ0v) is 15.5. The van der Waals surface area contributed by atoms with E-state index < -0.39 is 5.91 Å². The lowest BCUT2D eigenvalue weighted by molar-refractivity contribution is 0.0950. The van der Waals surface area contributed by atoms with E-state index in [1.54, 1.807) is 38.5 Å². The Kier molecular flexibility index (Phi) is 6.20. The van der Waals surface area contributed by atoms with Gasteiger partial charge < -0.3 is 9.47 Å². The van der Waals surface area contributed by atoms with Crippen molar-refractivity contribution in [1.82, 2.24) is 15.6 Å². The van der Waals surface area contributed by atoms with E-state index in [-0.39, 0.29) is 5.69 Å². The maximum absolute atomic E-state index is 12.2. The van der Waals surface area contributed by atoms with Crippen LogP contribution < -0.4 is 14.9 Å². The quantitative estimate of drug-likeness (QED) is 0.488. The molecule has 0 saturated heterocycles. The van der Waals surface area contributed by atoms with Crippen LogP contribution in [0, 0.1) is 0 Å². The highest BCUT2D eigenvalue weighted by Crippen LogP contribution is 2.32. The number of H-pyrrole nitrogens is 1. The van der Waals surface area contributed by atoms with Gasteiger partial charge >= 0.3 is 0 Å². The van der Waals surface area contributed by atoms with Crippen molar-refractivity contribution in [2.45, 2.75) is 0 Å². The van der Waals surface area contributed by atoms with Crippen LogP contribution in [0.4, 0.5) is 0 Å². The Morgan fingerprint density at radius 1 is 1.11 bits per heavy atom. The van der Waals surface area contributed by atoms with Crippen molar-refractivity contribution in [3.05, 3.63) is 71.9 Å². The van der Waals surface area contributed by atoms with Crippen molar-refractivity contribution in [2.75, 3.05) is 14.2 Å². The molecule has 0 unspecified atom stereocenters. The van der Waals surface area contributed by atoms with Crippen molar-refractivity contribution in [3.8, 4) is 22.8 Å². The van der Waals surface area contributed by atoms with Gasteiger partial charge in [0, 0.05) is 17.8 Å². The van der Waals surface area contributed by atoms with Crippen LogP contribution >= 0.6 is 0 Å². The number of aromatic nitrogens is 2. The van der Waals surface area contributed by atoms with Crippen LogP contribution in [0.1, 0.15) is 16.1 Å². The normalized spacial score (nSPS) is 11.1. The van der Waals surface area contributed by atoms with Gasteiger partial charge in [0.15, 0.2) is 0 Å². The molecule has 2 N–H and O–H groups in total. The molecular formula is C21H20N4O3. The van der Waals surface area contributed by atoms with E-state index in [0.717, 1.165) is 11.1 Å². The number of hydrogen-bond acceptors (Lipinski definition) is 5. The number of methoxy groups -OCH3 is 2. The van der Waals surface area contributed by atoms with E-state index >= 15 is 0 Å². The van der Waals surface area contributed by atoms with Crippen molar-refractivity contribution in [2.24, 2.45) is 5.10 Å². The highest BCUT2D eigenvalue weighted by molar-refractivity contribution is 5.94. The minimum atomic E-state index is -0.393. The van der Waals surface area contributed by atoms with Gasteiger partial charge in [0.05, 0.1) is 19.9 Å². The van der Waals surface area contributed by atoms with Crippen molar-refractivity contribution in [1.29, 1.82) is 0 Å². The molecule has 0 aliphatic rings. The number of nitrogens with zero attached hydrogens (tertiary/aromatic N) is 2. The monoisotopic (exact) mass is 376 g/mol. The highest BCUT2D eigenvalue weighted by atomic mass is 16.5. The van der Waals surface area contributed by atoms with E-state index in [4.69, 9.17) is 9.47 Å². The summed E-state index contributed by atoms with van der Waals surface area (Å²) in [7, 11) is 3.15. The van der Waals surface area contributed by atoms with Gasteiger partial charge in [-0.25, -0.2) is 5.43 Å². The second kappa shape index (κ2) is 9.18. The van der Waals surface area contributed by atoms with Crippen molar-refractivity contribution in [3.63, 3.8) is 0 Å². The first-order valence-corrected chi connectivity index (χ1v) is 8.54. The third-order valence-corrected chi connectivity index (χ3v) is 3.92. The van der Waals surface area contributed by atoms with Gasteiger partial charge in [-0.05, 0) is 29.8 Å². The van der Waals surface area contributed by atoms with E-state index in [1.165, 1.54) is 6.21 Å². The average molecular weight is 376 g/mol. The van der Waals surface area contributed by atoms with Gasteiger partial charge in [-0.2, -0.15) is 10.2 Å². The first kappa shape index (κ1) is 18.9. The first-order chi connectivity index (χ1) is 13.7. The second-order valence-electron chi connectivity index (χ2n) is 5.72. The molecule has 0 aliphatic carbocycles. The van der Waals surface area contributed by atoms with Crippen LogP contribution in [0.15, 0.2) is 65.8 Å². The molecule has 7 heteroatoms. The lowest BCUT2D eigenvalue weighted by atomic mass is 10.1. The summed E-state index contributed by atoms with van der Waals surface area (Å²) in [5, 5.41) is 10.8. The van der Waals surface area contributed by atoms with Crippen LogP contribution in [-0.4, -0.2) is 36.5 Å². The molecule has 3 rings (SSSR count). The van der Waals surface area contributed by atoms with Gasteiger partial charge in [0.1, 0.15) is 17.2 Å². The SMILES string of the molecule is COc1ccc(-c2cc(C(=O)NN=CC=Cc3ccccc3)[nH]n2)c(OC)c1. The molecule has 3 aromatic rings. The van der Waals surface area contributed by atoms with Gasteiger partial charge in [0.2, 0.25) is 0 Å².